The van der Waals surface area contributed by atoms with E-state index < -0.39 is 5.92 Å². The zero-order chi connectivity index (χ0) is 24.5. The van der Waals surface area contributed by atoms with Crippen LogP contribution in [0.2, 0.25) is 0 Å². The van der Waals surface area contributed by atoms with Gasteiger partial charge in [-0.25, -0.2) is 0 Å². The summed E-state index contributed by atoms with van der Waals surface area (Å²) in [6.45, 7) is 2.81. The van der Waals surface area contributed by atoms with Gasteiger partial charge < -0.3 is 14.2 Å². The Kier molecular flexibility index (Phi) is 7.34. The van der Waals surface area contributed by atoms with Gasteiger partial charge in [0.05, 0.1) is 10.2 Å². The van der Waals surface area contributed by atoms with Gasteiger partial charge in [0.25, 0.3) is 0 Å². The van der Waals surface area contributed by atoms with Crippen LogP contribution >= 0.6 is 38.5 Å². The van der Waals surface area contributed by atoms with Crippen LogP contribution < -0.4 is 9.47 Å². The average Bonchev–Trinajstić information content (AvgIpc) is 2.84. The largest absolute Gasteiger partial charge is 0.490 e. The first-order chi connectivity index (χ1) is 17.0. The van der Waals surface area contributed by atoms with Crippen LogP contribution in [0.15, 0.2) is 63.5 Å². The number of hydrogen-bond donors (Lipinski definition) is 0. The molecular weight excluding hydrogens is 623 g/mol. The number of rotatable bonds is 6. The van der Waals surface area contributed by atoms with Crippen molar-refractivity contribution >= 4 is 50.1 Å². The maximum Gasteiger partial charge on any atom is 0.174 e. The summed E-state index contributed by atoms with van der Waals surface area (Å²) in [6, 6.07) is 12.0. The standard InChI is InChI=1S/C28H26BrIO5/c1-2-33-24-14-17(13-19(30)28(24)34-15-16-9-11-18(29)12-10-16)25-26-20(31)5-3-7-22(26)35-23-8-4-6-21(32)27(23)25/h9-14,25H,2-8,15H2,1H3. The number of allylic oxidation sites excluding steroid dienone is 4. The number of hydrogen-bond acceptors (Lipinski definition) is 5. The van der Waals surface area contributed by atoms with E-state index in [0.717, 1.165) is 56.4 Å². The molecule has 5 rings (SSSR count). The fraction of sp³-hybridized carbons (Fsp3) is 0.357. The van der Waals surface area contributed by atoms with Crippen molar-refractivity contribution in [3.8, 4) is 11.5 Å². The maximum atomic E-state index is 13.1. The minimum Gasteiger partial charge on any atom is -0.490 e. The molecule has 2 aliphatic carbocycles. The minimum absolute atomic E-state index is 0.0738. The van der Waals surface area contributed by atoms with E-state index >= 15 is 0 Å². The third-order valence-electron chi connectivity index (χ3n) is 6.60. The summed E-state index contributed by atoms with van der Waals surface area (Å²) >= 11 is 5.72. The molecule has 2 aromatic carbocycles. The molecule has 7 heteroatoms. The molecule has 5 nitrogen and oxygen atoms in total. The van der Waals surface area contributed by atoms with Crippen LogP contribution in [-0.2, 0) is 20.9 Å². The van der Waals surface area contributed by atoms with Crippen LogP contribution in [0, 0.1) is 3.57 Å². The van der Waals surface area contributed by atoms with Gasteiger partial charge in [0.2, 0.25) is 0 Å². The van der Waals surface area contributed by atoms with Crippen molar-refractivity contribution in [3.05, 3.63) is 78.2 Å². The predicted molar refractivity (Wildman–Crippen MR) is 144 cm³/mol. The van der Waals surface area contributed by atoms with Crippen molar-refractivity contribution in [2.75, 3.05) is 6.61 Å². The molecule has 182 valence electrons. The summed E-state index contributed by atoms with van der Waals surface area (Å²) in [4.78, 5) is 26.2. The Morgan fingerprint density at radius 1 is 0.943 bits per heavy atom. The normalized spacial score (nSPS) is 18.3. The molecule has 0 unspecified atom stereocenters. The highest BCUT2D eigenvalue weighted by Crippen LogP contribution is 2.49. The Bertz CT molecular complexity index is 1200. The summed E-state index contributed by atoms with van der Waals surface area (Å²) in [5.41, 5.74) is 3.21. The van der Waals surface area contributed by atoms with E-state index in [1.165, 1.54) is 0 Å². The second-order valence-electron chi connectivity index (χ2n) is 8.94. The lowest BCUT2D eigenvalue weighted by Crippen LogP contribution is -2.30. The van der Waals surface area contributed by atoms with Crippen molar-refractivity contribution < 1.29 is 23.8 Å². The molecule has 1 aliphatic heterocycles. The lowest BCUT2D eigenvalue weighted by atomic mass is 9.73. The quantitative estimate of drug-likeness (QED) is 0.311. The third-order valence-corrected chi connectivity index (χ3v) is 7.93. The molecule has 3 aliphatic rings. The number of benzene rings is 2. The van der Waals surface area contributed by atoms with Gasteiger partial charge in [-0.15, -0.1) is 0 Å². The topological polar surface area (TPSA) is 61.8 Å². The summed E-state index contributed by atoms with van der Waals surface area (Å²) in [5, 5.41) is 0. The first-order valence-electron chi connectivity index (χ1n) is 12.0. The molecule has 0 amide bonds. The van der Waals surface area contributed by atoms with Crippen molar-refractivity contribution in [1.29, 1.82) is 0 Å². The zero-order valence-electron chi connectivity index (χ0n) is 19.5. The monoisotopic (exact) mass is 648 g/mol. The summed E-state index contributed by atoms with van der Waals surface area (Å²) < 4.78 is 20.3. The van der Waals surface area contributed by atoms with Gasteiger partial charge in [0.15, 0.2) is 23.1 Å². The zero-order valence-corrected chi connectivity index (χ0v) is 23.2. The smallest absolute Gasteiger partial charge is 0.174 e. The van der Waals surface area contributed by atoms with Gasteiger partial charge in [0, 0.05) is 47.2 Å². The number of carbonyl (C=O) groups is 2. The van der Waals surface area contributed by atoms with Gasteiger partial charge in [-0.1, -0.05) is 28.1 Å². The van der Waals surface area contributed by atoms with Gasteiger partial charge in [0.1, 0.15) is 18.1 Å². The summed E-state index contributed by atoms with van der Waals surface area (Å²) in [6.07, 6.45) is 3.99. The number of carbonyl (C=O) groups excluding carboxylic acids is 2. The molecule has 1 heterocycles. The van der Waals surface area contributed by atoms with Crippen LogP contribution in [0.4, 0.5) is 0 Å². The Morgan fingerprint density at radius 3 is 2.17 bits per heavy atom. The van der Waals surface area contributed by atoms with E-state index in [0.29, 0.717) is 48.7 Å². The molecule has 0 N–H and O–H groups in total. The van der Waals surface area contributed by atoms with Crippen molar-refractivity contribution in [2.45, 2.75) is 58.0 Å². The lowest BCUT2D eigenvalue weighted by molar-refractivity contribution is -0.117. The highest BCUT2D eigenvalue weighted by Gasteiger charge is 2.42. The Hall–Kier alpha value is -2.13. The molecule has 0 atom stereocenters. The molecule has 0 radical (unpaired) electrons. The fourth-order valence-electron chi connectivity index (χ4n) is 5.04. The first kappa shape index (κ1) is 24.6. The van der Waals surface area contributed by atoms with Crippen molar-refractivity contribution in [2.24, 2.45) is 0 Å². The van der Waals surface area contributed by atoms with Gasteiger partial charge in [-0.2, -0.15) is 0 Å². The molecule has 0 saturated carbocycles. The van der Waals surface area contributed by atoms with E-state index in [1.807, 2.05) is 43.3 Å². The SMILES string of the molecule is CCOc1cc(C2C3=C(CCCC3=O)OC3=C2C(=O)CCC3)cc(I)c1OCc1ccc(Br)cc1. The predicted octanol–water partition coefficient (Wildman–Crippen LogP) is 7.16. The van der Waals surface area contributed by atoms with Crippen LogP contribution in [-0.4, -0.2) is 18.2 Å². The third kappa shape index (κ3) is 4.94. The molecule has 35 heavy (non-hydrogen) atoms. The molecule has 2 aromatic rings. The molecule has 0 bridgehead atoms. The van der Waals surface area contributed by atoms with Crippen LogP contribution in [0.5, 0.6) is 11.5 Å². The summed E-state index contributed by atoms with van der Waals surface area (Å²) in [5.74, 6) is 2.50. The number of halogens is 2. The highest BCUT2D eigenvalue weighted by atomic mass is 127. The van der Waals surface area contributed by atoms with Gasteiger partial charge in [-0.3, -0.25) is 9.59 Å². The molecule has 0 aromatic heterocycles. The number of ketones is 2. The van der Waals surface area contributed by atoms with Crippen LogP contribution in [0.1, 0.15) is 62.5 Å². The average molecular weight is 649 g/mol. The molecule has 0 spiro atoms. The number of Topliss-reactive ketones (excluding diaryl/α,β-unsaturated/α-hetero) is 2. The second-order valence-corrected chi connectivity index (χ2v) is 11.0. The van der Waals surface area contributed by atoms with E-state index in [4.69, 9.17) is 14.2 Å². The van der Waals surface area contributed by atoms with Crippen molar-refractivity contribution in [3.63, 3.8) is 0 Å². The van der Waals surface area contributed by atoms with E-state index in [9.17, 15) is 9.59 Å². The van der Waals surface area contributed by atoms with Crippen molar-refractivity contribution in [1.82, 2.24) is 0 Å². The fourth-order valence-corrected chi connectivity index (χ4v) is 6.09. The second kappa shape index (κ2) is 10.5. The Labute approximate surface area is 227 Å². The highest BCUT2D eigenvalue weighted by molar-refractivity contribution is 14.1. The van der Waals surface area contributed by atoms with Gasteiger partial charge in [-0.05, 0) is 77.7 Å². The maximum absolute atomic E-state index is 13.1. The lowest BCUT2D eigenvalue weighted by Gasteiger charge is -2.36. The molecule has 0 fully saturated rings. The minimum atomic E-state index is -0.414. The first-order valence-corrected chi connectivity index (χ1v) is 13.9. The molecule has 0 saturated heterocycles. The molecular formula is C28H26BrIO5. The Balaban J connectivity index is 1.56. The van der Waals surface area contributed by atoms with E-state index in [-0.39, 0.29) is 11.6 Å². The van der Waals surface area contributed by atoms with Crippen LogP contribution in [0.25, 0.3) is 0 Å². The van der Waals surface area contributed by atoms with E-state index in [2.05, 4.69) is 38.5 Å². The van der Waals surface area contributed by atoms with Crippen LogP contribution in [0.3, 0.4) is 0 Å². The number of ether oxygens (including phenoxy) is 3. The van der Waals surface area contributed by atoms with Gasteiger partial charge >= 0.3 is 0 Å². The van der Waals surface area contributed by atoms with E-state index in [1.54, 1.807) is 0 Å². The Morgan fingerprint density at radius 2 is 1.57 bits per heavy atom. The summed E-state index contributed by atoms with van der Waals surface area (Å²) in [7, 11) is 0.